The summed E-state index contributed by atoms with van der Waals surface area (Å²) in [5.41, 5.74) is 2.01. The molecule has 0 aromatic heterocycles. The Morgan fingerprint density at radius 2 is 1.72 bits per heavy atom. The molecule has 0 aliphatic carbocycles. The van der Waals surface area contributed by atoms with Gasteiger partial charge in [0.05, 0.1) is 47.1 Å². The SMILES string of the molecule is COc1cc2cc(c1Cl)N(C)C(=O)C[C@H](OC(=O)[C@H](C)N(C)C(=O)c1cc(F)c(NC(=O)[C@H](CCCNC(N)=O)NC(=O)[C@@H](NC(=O)CCCCCNC(C=O)(CBr)CBr)C(C)C)cc1Cl)[C@]1(C)O[C@H]1[C@H](C)[C@@H]1C[C@@](O)(NC(=O)O1)[C@H](OC)/C=C/C=C(\C)C2. The number of halogens is 5. The minimum atomic E-state index is -1.95. The number of nitrogens with zero attached hydrogens (tertiary/aromatic N) is 2. The van der Waals surface area contributed by atoms with Crippen LogP contribution in [0.25, 0.3) is 0 Å². The van der Waals surface area contributed by atoms with Gasteiger partial charge in [-0.25, -0.2) is 18.8 Å². The quantitative estimate of drug-likeness (QED) is 0.0164. The summed E-state index contributed by atoms with van der Waals surface area (Å²) in [5.74, 6) is -6.61. The number of allylic oxidation sites excluding steroid dienone is 3. The van der Waals surface area contributed by atoms with E-state index in [0.29, 0.717) is 48.5 Å². The van der Waals surface area contributed by atoms with Gasteiger partial charge >= 0.3 is 18.1 Å². The van der Waals surface area contributed by atoms with E-state index in [1.165, 1.54) is 40.1 Å². The van der Waals surface area contributed by atoms with Crippen LogP contribution < -0.4 is 47.3 Å². The van der Waals surface area contributed by atoms with Gasteiger partial charge in [-0.2, -0.15) is 0 Å². The Kier molecular flexibility index (Phi) is 27.3. The number of methoxy groups -OCH3 is 2. The lowest BCUT2D eigenvalue weighted by molar-refractivity contribution is -0.158. The molecule has 2 aromatic rings. The number of nitrogens with two attached hydrogens (primary N) is 1. The maximum atomic E-state index is 16.2. The molecule has 0 saturated carbocycles. The van der Waals surface area contributed by atoms with E-state index in [-0.39, 0.29) is 53.7 Å². The minimum absolute atomic E-state index is 0.00635. The maximum Gasteiger partial charge on any atom is 0.409 e. The number of hydrogen-bond acceptors (Lipinski definition) is 16. The number of amides is 8. The van der Waals surface area contributed by atoms with Gasteiger partial charge in [-0.3, -0.25) is 29.3 Å². The fourth-order valence-corrected chi connectivity index (χ4v) is 12.5. The number of alkyl carbamates (subject to hydrolysis) is 1. The highest BCUT2D eigenvalue weighted by atomic mass is 79.9. The smallest absolute Gasteiger partial charge is 0.409 e. The van der Waals surface area contributed by atoms with Crippen molar-refractivity contribution in [1.82, 2.24) is 31.5 Å². The van der Waals surface area contributed by atoms with Gasteiger partial charge in [-0.1, -0.05) is 106 Å². The topological polar surface area (TPSA) is 328 Å². The monoisotopic (exact) mass is 1420 g/mol. The van der Waals surface area contributed by atoms with Crippen LogP contribution >= 0.6 is 55.1 Å². The predicted octanol–water partition coefficient (Wildman–Crippen LogP) is 6.51. The van der Waals surface area contributed by atoms with Gasteiger partial charge in [0, 0.05) is 57.2 Å². The van der Waals surface area contributed by atoms with E-state index in [4.69, 9.17) is 52.6 Å². The van der Waals surface area contributed by atoms with Gasteiger partial charge in [-0.05, 0) is 95.2 Å². The maximum absolute atomic E-state index is 16.2. The number of esters is 1. The molecule has 492 valence electrons. The number of carbonyl (C=O) groups excluding carboxylic acids is 9. The number of carbonyl (C=O) groups is 9. The molecule has 89 heavy (non-hydrogen) atoms. The molecule has 3 aliphatic rings. The van der Waals surface area contributed by atoms with E-state index in [1.807, 2.05) is 6.92 Å². The van der Waals surface area contributed by atoms with Crippen molar-refractivity contribution in [3.63, 3.8) is 0 Å². The molecule has 9 N–H and O–H groups in total. The van der Waals surface area contributed by atoms with Crippen LogP contribution in [0.3, 0.4) is 0 Å². The standard InChI is InChI=1S/C60H82Br2Cl2FN9O15/c1-32(2)50(71-47(76)19-12-11-13-21-68-59(29-61,30-62)31-75)53(79)69-40(17-15-20-67-56(66)82)52(78)70-41-26-38(63)37(25-39(41)65)54(80)73(7)35(5)55(81)88-46-27-48(77)74(8)42-23-36(24-43(85-9)49(42)64)22-33(3)16-14-18-45(86-10)60(84)28-44(87-57(83)72-60)34(4)51-58(46,6)89-51/h14,16,18,23-26,31-32,34-35,40,44-46,50-51,68,84H,11-13,15,17,19-22,27-30H2,1-10H3,(H,69,79)(H,70,78)(H,71,76)(H,72,83)(H3,66,67,82)/b18-14+,33-16+/t34-,35+,40+,44+,45-,46+,50+,51+,58+,60+/m1/s1. The number of aliphatic hydroxyl groups is 1. The molecule has 10 atom stereocenters. The third kappa shape index (κ3) is 19.3. The Morgan fingerprint density at radius 3 is 2.35 bits per heavy atom. The first kappa shape index (κ1) is 73.8. The number of rotatable bonds is 26. The van der Waals surface area contributed by atoms with Crippen molar-refractivity contribution in [3.8, 4) is 5.75 Å². The first-order valence-corrected chi connectivity index (χ1v) is 32.0. The van der Waals surface area contributed by atoms with Gasteiger partial charge in [-0.15, -0.1) is 0 Å². The highest BCUT2D eigenvalue weighted by molar-refractivity contribution is 9.10. The van der Waals surface area contributed by atoms with Gasteiger partial charge in [0.2, 0.25) is 23.6 Å². The Hall–Kier alpha value is -5.94. The Balaban J connectivity index is 1.34. The molecule has 2 aromatic carbocycles. The van der Waals surface area contributed by atoms with Crippen molar-refractivity contribution in [2.24, 2.45) is 17.6 Å². The van der Waals surface area contributed by atoms with Crippen molar-refractivity contribution >= 4 is 120 Å². The zero-order valence-corrected chi connectivity index (χ0v) is 56.2. The summed E-state index contributed by atoms with van der Waals surface area (Å²) in [6.45, 7) is 10.5. The third-order valence-corrected chi connectivity index (χ3v) is 18.8. The van der Waals surface area contributed by atoms with Crippen molar-refractivity contribution in [2.45, 2.75) is 159 Å². The number of unbranched alkanes of at least 4 members (excludes halogenated alkanes) is 2. The summed E-state index contributed by atoms with van der Waals surface area (Å²) in [6, 6.07) is 0.444. The highest BCUT2D eigenvalue weighted by Gasteiger charge is 2.64. The number of epoxide rings is 1. The molecule has 5 rings (SSSR count). The van der Waals surface area contributed by atoms with Crippen LogP contribution in [-0.2, 0) is 54.1 Å². The average molecular weight is 1420 g/mol. The van der Waals surface area contributed by atoms with Crippen molar-refractivity contribution < 1.29 is 76.3 Å². The number of fused-ring (bicyclic) bond motifs is 5. The molecule has 8 amide bonds. The normalized spacial score (nSPS) is 24.0. The van der Waals surface area contributed by atoms with E-state index in [9.17, 15) is 48.3 Å². The van der Waals surface area contributed by atoms with E-state index >= 15 is 4.39 Å². The highest BCUT2D eigenvalue weighted by Crippen LogP contribution is 2.49. The minimum Gasteiger partial charge on any atom is -0.495 e. The predicted molar refractivity (Wildman–Crippen MR) is 339 cm³/mol. The van der Waals surface area contributed by atoms with Crippen LogP contribution in [0.4, 0.5) is 25.4 Å². The van der Waals surface area contributed by atoms with Crippen molar-refractivity contribution in [3.05, 3.63) is 75.1 Å². The number of anilines is 2. The largest absolute Gasteiger partial charge is 0.495 e. The Bertz CT molecular complexity index is 3000. The lowest BCUT2D eigenvalue weighted by Crippen LogP contribution is -2.63. The second-order valence-corrected chi connectivity index (χ2v) is 25.1. The number of hydrogen-bond donors (Lipinski definition) is 8. The summed E-state index contributed by atoms with van der Waals surface area (Å²) in [6.07, 6.45) is 2.35. The van der Waals surface area contributed by atoms with Crippen LogP contribution in [0.1, 0.15) is 109 Å². The van der Waals surface area contributed by atoms with E-state index in [1.54, 1.807) is 58.1 Å². The van der Waals surface area contributed by atoms with Crippen LogP contribution in [0.15, 0.2) is 48.1 Å². The zero-order chi connectivity index (χ0) is 66.3. The summed E-state index contributed by atoms with van der Waals surface area (Å²) < 4.78 is 45.6. The van der Waals surface area contributed by atoms with Gasteiger partial charge in [0.1, 0.15) is 64.9 Å². The molecule has 24 nitrogen and oxygen atoms in total. The number of nitrogens with one attached hydrogen (secondary N) is 6. The number of primary amides is 1. The molecule has 2 fully saturated rings. The van der Waals surface area contributed by atoms with Crippen LogP contribution in [-0.4, -0.2) is 175 Å². The molecule has 0 spiro atoms. The number of aldehydes is 1. The fraction of sp³-hybridized carbons (Fsp3) is 0.583. The molecule has 3 heterocycles. The van der Waals surface area contributed by atoms with E-state index in [0.717, 1.165) is 28.9 Å². The molecule has 0 unspecified atom stereocenters. The summed E-state index contributed by atoms with van der Waals surface area (Å²) >= 11 is 20.2. The van der Waals surface area contributed by atoms with E-state index in [2.05, 4.69) is 63.8 Å². The summed E-state index contributed by atoms with van der Waals surface area (Å²) in [7, 11) is 5.54. The fourth-order valence-electron chi connectivity index (χ4n) is 10.4. The summed E-state index contributed by atoms with van der Waals surface area (Å²) in [5, 5.41) is 28.4. The number of ether oxygens (including phenoxy) is 5. The lowest BCUT2D eigenvalue weighted by atomic mass is 9.83. The van der Waals surface area contributed by atoms with Crippen molar-refractivity contribution in [2.75, 3.05) is 62.3 Å². The second kappa shape index (κ2) is 32.9. The van der Waals surface area contributed by atoms with E-state index < -0.39 is 142 Å². The molecule has 3 aliphatic heterocycles. The molecular formula is C60H82Br2Cl2FN9O15. The Morgan fingerprint density at radius 1 is 1.02 bits per heavy atom. The van der Waals surface area contributed by atoms with Crippen LogP contribution in [0, 0.1) is 17.7 Å². The molecule has 4 bridgehead atoms. The molecule has 2 saturated heterocycles. The summed E-state index contributed by atoms with van der Waals surface area (Å²) in [4.78, 5) is 122. The third-order valence-electron chi connectivity index (χ3n) is 16.1. The first-order valence-electron chi connectivity index (χ1n) is 29.0. The first-order chi connectivity index (χ1) is 41.9. The molecule has 0 radical (unpaired) electrons. The number of likely N-dealkylation sites (N-methyl/N-ethyl adjacent to an activating group) is 1. The number of urea groups is 1. The number of benzene rings is 2. The average Bonchev–Trinajstić information content (AvgIpc) is 1.60. The van der Waals surface area contributed by atoms with Crippen molar-refractivity contribution in [1.29, 1.82) is 0 Å². The Labute approximate surface area is 544 Å². The van der Waals surface area contributed by atoms with Crippen LogP contribution in [0.5, 0.6) is 5.75 Å². The molecular weight excluding hydrogens is 1340 g/mol. The van der Waals surface area contributed by atoms with Crippen LogP contribution in [0.2, 0.25) is 10.0 Å². The lowest BCUT2D eigenvalue weighted by Gasteiger charge is -2.42. The number of alkyl halides is 2. The molecule has 29 heteroatoms. The second-order valence-electron chi connectivity index (χ2n) is 23.2. The van der Waals surface area contributed by atoms with Gasteiger partial charge < -0.3 is 75.7 Å². The van der Waals surface area contributed by atoms with Gasteiger partial charge in [0.15, 0.2) is 5.72 Å². The zero-order valence-electron chi connectivity index (χ0n) is 51.5. The van der Waals surface area contributed by atoms with Gasteiger partial charge in [0.25, 0.3) is 5.91 Å².